The van der Waals surface area contributed by atoms with Crippen molar-refractivity contribution in [2.75, 3.05) is 33.7 Å². The Morgan fingerprint density at radius 2 is 1.96 bits per heavy atom. The van der Waals surface area contributed by atoms with Crippen LogP contribution in [0.3, 0.4) is 0 Å². The Labute approximate surface area is 162 Å². The quantitative estimate of drug-likeness (QED) is 0.869. The van der Waals surface area contributed by atoms with E-state index in [2.05, 4.69) is 37.9 Å². The molecule has 3 rings (SSSR count). The number of benzene rings is 1. The molecule has 1 fully saturated rings. The fourth-order valence-corrected chi connectivity index (χ4v) is 4.50. The highest BCUT2D eigenvalue weighted by Gasteiger charge is 2.32. The summed E-state index contributed by atoms with van der Waals surface area (Å²) in [4.78, 5) is 20.5. The molecule has 148 valence electrons. The van der Waals surface area contributed by atoms with Crippen LogP contribution in [0.1, 0.15) is 41.6 Å². The van der Waals surface area contributed by atoms with E-state index in [9.17, 15) is 9.90 Å². The number of hydrogen-bond acceptors (Lipinski definition) is 3. The number of rotatable bonds is 4. The molecule has 0 bridgehead atoms. The molecule has 0 radical (unpaired) electrons. The Bertz CT molecular complexity index is 840. The Hall–Kier alpha value is -1.85. The van der Waals surface area contributed by atoms with Gasteiger partial charge in [0.05, 0.1) is 12.0 Å². The van der Waals surface area contributed by atoms with Crippen molar-refractivity contribution in [2.24, 2.45) is 0 Å². The molecule has 27 heavy (non-hydrogen) atoms. The van der Waals surface area contributed by atoms with Crippen LogP contribution in [0, 0.1) is 20.8 Å². The molecule has 2 heterocycles. The Morgan fingerprint density at radius 3 is 2.67 bits per heavy atom. The highest BCUT2D eigenvalue weighted by atomic mass is 16.3. The minimum absolute atomic E-state index is 0.160. The van der Waals surface area contributed by atoms with E-state index in [0.29, 0.717) is 25.9 Å². The lowest BCUT2D eigenvalue weighted by Gasteiger charge is -2.30. The minimum atomic E-state index is -0.691. The van der Waals surface area contributed by atoms with Crippen LogP contribution in [0.2, 0.25) is 0 Å². The molecule has 5 nitrogen and oxygen atoms in total. The second-order valence-electron chi connectivity index (χ2n) is 8.61. The summed E-state index contributed by atoms with van der Waals surface area (Å²) in [5.41, 5.74) is 5.06. The van der Waals surface area contributed by atoms with Crippen LogP contribution < -0.4 is 0 Å². The van der Waals surface area contributed by atoms with Gasteiger partial charge in [0.15, 0.2) is 0 Å². The van der Waals surface area contributed by atoms with Gasteiger partial charge in [0.2, 0.25) is 5.91 Å². The molecule has 1 aromatic carbocycles. The number of nitrogens with one attached hydrogen (secondary N) is 1. The minimum Gasteiger partial charge on any atom is -0.388 e. The van der Waals surface area contributed by atoms with Crippen molar-refractivity contribution >= 4 is 16.8 Å². The topological polar surface area (TPSA) is 59.6 Å². The van der Waals surface area contributed by atoms with Crippen LogP contribution in [-0.2, 0) is 11.2 Å². The lowest BCUT2D eigenvalue weighted by atomic mass is 9.94. The summed E-state index contributed by atoms with van der Waals surface area (Å²) in [6.45, 7) is 8.26. The number of likely N-dealkylation sites (N-methyl/N-ethyl adjacent to an activating group) is 1. The van der Waals surface area contributed by atoms with E-state index < -0.39 is 5.60 Å². The number of hydrogen-bond donors (Lipinski definition) is 2. The SMILES string of the molecule is Cc1cc(C)c2[nH]c(C)c(CC(=O)N3CCC[C@](O)(CN(C)C)CC3)c2c1. The van der Waals surface area contributed by atoms with Gasteiger partial charge in [-0.3, -0.25) is 4.79 Å². The molecule has 1 aromatic heterocycles. The van der Waals surface area contributed by atoms with Gasteiger partial charge in [0.1, 0.15) is 0 Å². The number of carbonyl (C=O) groups excluding carboxylic acids is 1. The summed E-state index contributed by atoms with van der Waals surface area (Å²) in [5.74, 6) is 0.160. The first-order chi connectivity index (χ1) is 12.7. The number of aromatic amines is 1. The maximum atomic E-state index is 13.0. The van der Waals surface area contributed by atoms with Gasteiger partial charge in [-0.2, -0.15) is 0 Å². The van der Waals surface area contributed by atoms with Crippen LogP contribution in [0.15, 0.2) is 12.1 Å². The molecule has 5 heteroatoms. The number of aromatic nitrogens is 1. The van der Waals surface area contributed by atoms with Crippen molar-refractivity contribution in [2.45, 2.75) is 52.1 Å². The summed E-state index contributed by atoms with van der Waals surface area (Å²) in [5, 5.41) is 12.0. The number of likely N-dealkylation sites (tertiary alicyclic amines) is 1. The van der Waals surface area contributed by atoms with E-state index in [1.165, 1.54) is 11.1 Å². The molecule has 1 saturated heterocycles. The number of aryl methyl sites for hydroxylation is 3. The zero-order chi connectivity index (χ0) is 19.8. The average molecular weight is 372 g/mol. The van der Waals surface area contributed by atoms with E-state index in [1.54, 1.807) is 0 Å². The number of aliphatic hydroxyl groups is 1. The maximum Gasteiger partial charge on any atom is 0.227 e. The van der Waals surface area contributed by atoms with Crippen LogP contribution in [0.4, 0.5) is 0 Å². The van der Waals surface area contributed by atoms with Crippen molar-refractivity contribution < 1.29 is 9.90 Å². The molecule has 0 unspecified atom stereocenters. The molecule has 0 saturated carbocycles. The summed E-state index contributed by atoms with van der Waals surface area (Å²) in [6.07, 6.45) is 2.66. The van der Waals surface area contributed by atoms with Gasteiger partial charge in [-0.05, 0) is 71.3 Å². The number of H-pyrrole nitrogens is 1. The second kappa shape index (κ2) is 7.64. The molecule has 1 aliphatic heterocycles. The standard InChI is InChI=1S/C22H33N3O2/c1-15-11-16(2)21-19(12-15)18(17(3)23-21)13-20(26)25-9-6-7-22(27,8-10-25)14-24(4)5/h11-12,23,27H,6-10,13-14H2,1-5H3/t22-/m1/s1. The molecule has 1 atom stereocenters. The highest BCUT2D eigenvalue weighted by Crippen LogP contribution is 2.28. The van der Waals surface area contributed by atoms with Crippen LogP contribution >= 0.6 is 0 Å². The van der Waals surface area contributed by atoms with Crippen molar-refractivity contribution in [3.05, 3.63) is 34.5 Å². The van der Waals surface area contributed by atoms with Crippen molar-refractivity contribution in [3.8, 4) is 0 Å². The summed E-state index contributed by atoms with van der Waals surface area (Å²) < 4.78 is 0. The van der Waals surface area contributed by atoms with Gasteiger partial charge in [-0.25, -0.2) is 0 Å². The fraction of sp³-hybridized carbons (Fsp3) is 0.591. The highest BCUT2D eigenvalue weighted by molar-refractivity contribution is 5.92. The molecule has 0 spiro atoms. The lowest BCUT2D eigenvalue weighted by Crippen LogP contribution is -2.41. The number of fused-ring (bicyclic) bond motifs is 1. The smallest absolute Gasteiger partial charge is 0.227 e. The van der Waals surface area contributed by atoms with Crippen LogP contribution in [-0.4, -0.2) is 65.1 Å². The van der Waals surface area contributed by atoms with E-state index in [-0.39, 0.29) is 5.91 Å². The monoisotopic (exact) mass is 371 g/mol. The Balaban J connectivity index is 1.76. The van der Waals surface area contributed by atoms with E-state index in [4.69, 9.17) is 0 Å². The Morgan fingerprint density at radius 1 is 1.22 bits per heavy atom. The van der Waals surface area contributed by atoms with Gasteiger partial charge < -0.3 is 19.9 Å². The molecule has 1 aliphatic rings. The number of amides is 1. The van der Waals surface area contributed by atoms with Gasteiger partial charge >= 0.3 is 0 Å². The first-order valence-electron chi connectivity index (χ1n) is 9.92. The largest absolute Gasteiger partial charge is 0.388 e. The molecule has 2 N–H and O–H groups in total. The molecule has 1 amide bonds. The third-order valence-electron chi connectivity index (χ3n) is 5.78. The lowest BCUT2D eigenvalue weighted by molar-refractivity contribution is -0.130. The summed E-state index contributed by atoms with van der Waals surface area (Å²) >= 11 is 0. The van der Waals surface area contributed by atoms with Crippen LogP contribution in [0.25, 0.3) is 10.9 Å². The van der Waals surface area contributed by atoms with Crippen molar-refractivity contribution in [1.29, 1.82) is 0 Å². The summed E-state index contributed by atoms with van der Waals surface area (Å²) in [6, 6.07) is 4.34. The normalized spacial score (nSPS) is 21.1. The predicted octanol–water partition coefficient (Wildman–Crippen LogP) is 2.94. The number of nitrogens with zero attached hydrogens (tertiary/aromatic N) is 2. The van der Waals surface area contributed by atoms with Gasteiger partial charge in [-0.1, -0.05) is 11.6 Å². The second-order valence-corrected chi connectivity index (χ2v) is 8.61. The molecular weight excluding hydrogens is 338 g/mol. The number of carbonyl (C=O) groups is 1. The fourth-order valence-electron chi connectivity index (χ4n) is 4.50. The zero-order valence-electron chi connectivity index (χ0n) is 17.4. The first kappa shape index (κ1) is 19.9. The predicted molar refractivity (Wildman–Crippen MR) is 110 cm³/mol. The first-order valence-corrected chi connectivity index (χ1v) is 9.92. The maximum absolute atomic E-state index is 13.0. The van der Waals surface area contributed by atoms with E-state index in [1.807, 2.05) is 23.9 Å². The van der Waals surface area contributed by atoms with Gasteiger partial charge in [-0.15, -0.1) is 0 Å². The van der Waals surface area contributed by atoms with Gasteiger partial charge in [0, 0.05) is 36.2 Å². The third-order valence-corrected chi connectivity index (χ3v) is 5.78. The van der Waals surface area contributed by atoms with Crippen molar-refractivity contribution in [1.82, 2.24) is 14.8 Å². The summed E-state index contributed by atoms with van der Waals surface area (Å²) in [7, 11) is 3.96. The van der Waals surface area contributed by atoms with Crippen LogP contribution in [0.5, 0.6) is 0 Å². The molecular formula is C22H33N3O2. The zero-order valence-corrected chi connectivity index (χ0v) is 17.4. The van der Waals surface area contributed by atoms with E-state index >= 15 is 0 Å². The van der Waals surface area contributed by atoms with E-state index in [0.717, 1.165) is 41.5 Å². The molecule has 2 aromatic rings. The average Bonchev–Trinajstić information content (AvgIpc) is 2.74. The molecule has 0 aliphatic carbocycles. The third kappa shape index (κ3) is 4.36. The van der Waals surface area contributed by atoms with Crippen molar-refractivity contribution in [3.63, 3.8) is 0 Å². The van der Waals surface area contributed by atoms with Gasteiger partial charge in [0.25, 0.3) is 0 Å². The Kier molecular flexibility index (Phi) is 5.63.